The van der Waals surface area contributed by atoms with Crippen molar-refractivity contribution < 1.29 is 9.21 Å². The molecule has 104 valence electrons. The molecule has 0 bridgehead atoms. The van der Waals surface area contributed by atoms with E-state index in [9.17, 15) is 4.79 Å². The van der Waals surface area contributed by atoms with Crippen molar-refractivity contribution >= 4 is 5.91 Å². The summed E-state index contributed by atoms with van der Waals surface area (Å²) >= 11 is 0. The van der Waals surface area contributed by atoms with E-state index >= 15 is 0 Å². The second-order valence-corrected chi connectivity index (χ2v) is 5.81. The van der Waals surface area contributed by atoms with E-state index in [1.807, 2.05) is 13.0 Å². The fourth-order valence-corrected chi connectivity index (χ4v) is 3.56. The summed E-state index contributed by atoms with van der Waals surface area (Å²) in [7, 11) is 0. The highest BCUT2D eigenvalue weighted by molar-refractivity contribution is 5.91. The first-order chi connectivity index (χ1) is 9.17. The summed E-state index contributed by atoms with van der Waals surface area (Å²) in [5, 5.41) is 0. The summed E-state index contributed by atoms with van der Waals surface area (Å²) in [6.07, 6.45) is 4.16. The van der Waals surface area contributed by atoms with Crippen LogP contribution >= 0.6 is 0 Å². The average molecular weight is 263 g/mol. The van der Waals surface area contributed by atoms with E-state index in [2.05, 4.69) is 10.3 Å². The minimum absolute atomic E-state index is 0.300. The molecule has 2 aliphatic rings. The number of nitrogens with one attached hydrogen (secondary N) is 1. The summed E-state index contributed by atoms with van der Waals surface area (Å²) in [5.74, 6) is 7.64. The van der Waals surface area contributed by atoms with Gasteiger partial charge in [0.25, 0.3) is 0 Å². The highest BCUT2D eigenvalue weighted by Gasteiger charge is 2.36. The number of furan rings is 1. The van der Waals surface area contributed by atoms with E-state index in [0.717, 1.165) is 29.7 Å². The third-order valence-electron chi connectivity index (χ3n) is 4.57. The Hall–Kier alpha value is -1.33. The van der Waals surface area contributed by atoms with E-state index in [4.69, 9.17) is 10.3 Å². The Morgan fingerprint density at radius 2 is 2.16 bits per heavy atom. The van der Waals surface area contributed by atoms with Crippen molar-refractivity contribution in [1.82, 2.24) is 10.3 Å². The maximum Gasteiger partial charge on any atom is 0.300 e. The van der Waals surface area contributed by atoms with E-state index < -0.39 is 0 Å². The Morgan fingerprint density at radius 1 is 1.47 bits per heavy atom. The number of hydrogen-bond acceptors (Lipinski definition) is 4. The fraction of sp³-hybridized carbons (Fsp3) is 0.643. The Bertz CT molecular complexity index is 471. The van der Waals surface area contributed by atoms with Crippen molar-refractivity contribution in [2.75, 3.05) is 13.1 Å². The van der Waals surface area contributed by atoms with Gasteiger partial charge in [-0.2, -0.15) is 0 Å². The van der Waals surface area contributed by atoms with Gasteiger partial charge in [-0.1, -0.05) is 6.42 Å². The zero-order chi connectivity index (χ0) is 13.4. The molecule has 2 atom stereocenters. The van der Waals surface area contributed by atoms with Crippen LogP contribution in [0, 0.1) is 18.8 Å². The van der Waals surface area contributed by atoms with Gasteiger partial charge >= 0.3 is 5.91 Å². The molecule has 1 saturated heterocycles. The van der Waals surface area contributed by atoms with Gasteiger partial charge in [0.1, 0.15) is 5.76 Å². The first kappa shape index (κ1) is 12.7. The van der Waals surface area contributed by atoms with Gasteiger partial charge in [0, 0.05) is 25.2 Å². The molecule has 2 unspecified atom stereocenters. The average Bonchev–Trinajstić information content (AvgIpc) is 3.04. The molecule has 2 fully saturated rings. The molecule has 3 rings (SSSR count). The number of hydrogen-bond donors (Lipinski definition) is 2. The van der Waals surface area contributed by atoms with E-state index in [1.54, 1.807) is 0 Å². The number of nitrogens with two attached hydrogens (primary N) is 1. The minimum Gasteiger partial charge on any atom is -0.456 e. The van der Waals surface area contributed by atoms with Crippen LogP contribution in [0.3, 0.4) is 0 Å². The predicted molar refractivity (Wildman–Crippen MR) is 71.2 cm³/mol. The lowest BCUT2D eigenvalue weighted by atomic mass is 10.0. The standard InChI is InChI=1S/C14H21N3O2/c1-9-12(5-13(19-9)14(18)16-15)8-17-6-10-3-2-4-11(10)7-17/h5,10-11H,2-4,6-8,15H2,1H3,(H,16,18). The zero-order valence-electron chi connectivity index (χ0n) is 11.3. The van der Waals surface area contributed by atoms with Crippen LogP contribution in [0.2, 0.25) is 0 Å². The van der Waals surface area contributed by atoms with Crippen LogP contribution in [0.1, 0.15) is 41.1 Å². The molecule has 5 heteroatoms. The smallest absolute Gasteiger partial charge is 0.300 e. The van der Waals surface area contributed by atoms with Crippen molar-refractivity contribution in [2.24, 2.45) is 17.7 Å². The highest BCUT2D eigenvalue weighted by atomic mass is 16.4. The Morgan fingerprint density at radius 3 is 2.79 bits per heavy atom. The van der Waals surface area contributed by atoms with Gasteiger partial charge in [-0.25, -0.2) is 5.84 Å². The summed E-state index contributed by atoms with van der Waals surface area (Å²) < 4.78 is 5.45. The Balaban J connectivity index is 1.67. The molecule has 1 aliphatic heterocycles. The molecule has 2 heterocycles. The van der Waals surface area contributed by atoms with Crippen molar-refractivity contribution in [3.05, 3.63) is 23.2 Å². The quantitative estimate of drug-likeness (QED) is 0.491. The predicted octanol–water partition coefficient (Wildman–Crippen LogP) is 1.42. The van der Waals surface area contributed by atoms with Gasteiger partial charge in [-0.05, 0) is 37.7 Å². The molecule has 0 spiro atoms. The number of carbonyl (C=O) groups excluding carboxylic acids is 1. The van der Waals surface area contributed by atoms with Gasteiger partial charge in [-0.15, -0.1) is 0 Å². The van der Waals surface area contributed by atoms with Crippen molar-refractivity contribution in [1.29, 1.82) is 0 Å². The molecule has 19 heavy (non-hydrogen) atoms. The topological polar surface area (TPSA) is 71.5 Å². The van der Waals surface area contributed by atoms with E-state index in [-0.39, 0.29) is 5.91 Å². The summed E-state index contributed by atoms with van der Waals surface area (Å²) in [6, 6.07) is 1.81. The monoisotopic (exact) mass is 263 g/mol. The molecule has 1 amide bonds. The lowest BCUT2D eigenvalue weighted by molar-refractivity contribution is 0.0924. The van der Waals surface area contributed by atoms with Gasteiger partial charge in [-0.3, -0.25) is 15.1 Å². The van der Waals surface area contributed by atoms with Crippen molar-refractivity contribution in [2.45, 2.75) is 32.7 Å². The maximum atomic E-state index is 11.4. The molecule has 1 aliphatic carbocycles. The first-order valence-corrected chi connectivity index (χ1v) is 7.00. The summed E-state index contributed by atoms with van der Waals surface area (Å²) in [5.41, 5.74) is 3.20. The number of aryl methyl sites for hydroxylation is 1. The highest BCUT2D eigenvalue weighted by Crippen LogP contribution is 2.38. The number of nitrogens with zero attached hydrogens (tertiary/aromatic N) is 1. The third kappa shape index (κ3) is 2.40. The molecule has 3 N–H and O–H groups in total. The maximum absolute atomic E-state index is 11.4. The first-order valence-electron chi connectivity index (χ1n) is 7.00. The SMILES string of the molecule is Cc1oc(C(=O)NN)cc1CN1CC2CCCC2C1. The Labute approximate surface area is 113 Å². The molecule has 0 radical (unpaired) electrons. The lowest BCUT2D eigenvalue weighted by Gasteiger charge is -2.15. The van der Waals surface area contributed by atoms with Crippen LogP contribution in [0.15, 0.2) is 10.5 Å². The minimum atomic E-state index is -0.368. The summed E-state index contributed by atoms with van der Waals surface area (Å²) in [6.45, 7) is 5.15. The normalized spacial score (nSPS) is 26.6. The van der Waals surface area contributed by atoms with Crippen LogP contribution in [0.4, 0.5) is 0 Å². The molecular formula is C14H21N3O2. The largest absolute Gasteiger partial charge is 0.456 e. The number of amides is 1. The van der Waals surface area contributed by atoms with E-state index in [0.29, 0.717) is 5.76 Å². The van der Waals surface area contributed by atoms with Gasteiger partial charge in [0.2, 0.25) is 0 Å². The zero-order valence-corrected chi connectivity index (χ0v) is 11.3. The molecule has 5 nitrogen and oxygen atoms in total. The number of nitrogen functional groups attached to an aromatic ring is 1. The molecule has 0 aromatic carbocycles. The second kappa shape index (κ2) is 4.98. The third-order valence-corrected chi connectivity index (χ3v) is 4.57. The van der Waals surface area contributed by atoms with E-state index in [1.165, 1.54) is 32.4 Å². The second-order valence-electron chi connectivity index (χ2n) is 5.81. The van der Waals surface area contributed by atoms with Crippen LogP contribution in [0.5, 0.6) is 0 Å². The molecule has 1 saturated carbocycles. The fourth-order valence-electron chi connectivity index (χ4n) is 3.56. The number of carbonyl (C=O) groups is 1. The number of rotatable bonds is 3. The number of hydrazine groups is 1. The van der Waals surface area contributed by atoms with Crippen LogP contribution in [-0.2, 0) is 6.54 Å². The van der Waals surface area contributed by atoms with Crippen LogP contribution in [0.25, 0.3) is 0 Å². The Kier molecular flexibility index (Phi) is 3.33. The molecule has 1 aromatic heterocycles. The number of fused-ring (bicyclic) bond motifs is 1. The van der Waals surface area contributed by atoms with Crippen LogP contribution in [-0.4, -0.2) is 23.9 Å². The van der Waals surface area contributed by atoms with Crippen molar-refractivity contribution in [3.8, 4) is 0 Å². The number of likely N-dealkylation sites (tertiary alicyclic amines) is 1. The van der Waals surface area contributed by atoms with Crippen LogP contribution < -0.4 is 11.3 Å². The molecular weight excluding hydrogens is 242 g/mol. The molecule has 1 aromatic rings. The lowest BCUT2D eigenvalue weighted by Crippen LogP contribution is -2.29. The van der Waals surface area contributed by atoms with Gasteiger partial charge < -0.3 is 4.42 Å². The van der Waals surface area contributed by atoms with Gasteiger partial charge in [0.05, 0.1) is 0 Å². The van der Waals surface area contributed by atoms with Gasteiger partial charge in [0.15, 0.2) is 5.76 Å². The van der Waals surface area contributed by atoms with Crippen molar-refractivity contribution in [3.63, 3.8) is 0 Å². The summed E-state index contributed by atoms with van der Waals surface area (Å²) in [4.78, 5) is 13.9.